The van der Waals surface area contributed by atoms with E-state index in [0.29, 0.717) is 24.2 Å². The second kappa shape index (κ2) is 8.63. The van der Waals surface area contributed by atoms with E-state index in [-0.39, 0.29) is 16.8 Å². The number of carbonyl (C=O) groups excluding carboxylic acids is 1. The molecule has 6 nitrogen and oxygen atoms in total. The topological polar surface area (TPSA) is 70.6 Å². The first-order valence-corrected chi connectivity index (χ1v) is 10.5. The van der Waals surface area contributed by atoms with Gasteiger partial charge in [0, 0.05) is 38.1 Å². The summed E-state index contributed by atoms with van der Waals surface area (Å²) < 4.78 is 27.2. The molecular weight excluding hydrogens is 362 g/mol. The molecule has 0 N–H and O–H groups in total. The molecule has 27 heavy (non-hydrogen) atoms. The van der Waals surface area contributed by atoms with Crippen molar-refractivity contribution in [1.29, 1.82) is 0 Å². The highest BCUT2D eigenvalue weighted by molar-refractivity contribution is 7.89. The highest BCUT2D eigenvalue weighted by atomic mass is 32.2. The van der Waals surface area contributed by atoms with Crippen molar-refractivity contribution in [3.8, 4) is 0 Å². The first-order chi connectivity index (χ1) is 12.7. The van der Waals surface area contributed by atoms with Gasteiger partial charge in [0.2, 0.25) is 10.0 Å². The Morgan fingerprint density at radius 1 is 1.11 bits per heavy atom. The summed E-state index contributed by atoms with van der Waals surface area (Å²) in [6.45, 7) is 8.04. The second-order valence-electron chi connectivity index (χ2n) is 6.44. The smallest absolute Gasteiger partial charge is 0.254 e. The van der Waals surface area contributed by atoms with Crippen LogP contribution in [0.2, 0.25) is 0 Å². The van der Waals surface area contributed by atoms with Gasteiger partial charge in [-0.25, -0.2) is 8.42 Å². The van der Waals surface area contributed by atoms with Crippen molar-refractivity contribution in [1.82, 2.24) is 14.2 Å². The third-order valence-electron chi connectivity index (χ3n) is 4.85. The Hall–Kier alpha value is -2.25. The van der Waals surface area contributed by atoms with Crippen LogP contribution >= 0.6 is 0 Å². The molecule has 0 spiro atoms. The van der Waals surface area contributed by atoms with Gasteiger partial charge < -0.3 is 4.90 Å². The molecule has 1 aromatic carbocycles. The molecule has 0 aliphatic heterocycles. The van der Waals surface area contributed by atoms with Gasteiger partial charge in [-0.05, 0) is 49.2 Å². The summed E-state index contributed by atoms with van der Waals surface area (Å²) in [5.41, 5.74) is 1.95. The van der Waals surface area contributed by atoms with E-state index in [1.165, 1.54) is 10.4 Å². The van der Waals surface area contributed by atoms with Gasteiger partial charge in [0.15, 0.2) is 0 Å². The normalized spacial score (nSPS) is 12.8. The molecule has 1 atom stereocenters. The molecular formula is C20H27N3O3S. The number of aryl methyl sites for hydroxylation is 1. The number of nitrogens with zero attached hydrogens (tertiary/aromatic N) is 3. The van der Waals surface area contributed by atoms with Crippen molar-refractivity contribution < 1.29 is 13.2 Å². The average molecular weight is 390 g/mol. The molecule has 146 valence electrons. The van der Waals surface area contributed by atoms with Crippen LogP contribution in [0.3, 0.4) is 0 Å². The minimum absolute atomic E-state index is 0.162. The maximum Gasteiger partial charge on any atom is 0.254 e. The van der Waals surface area contributed by atoms with Crippen molar-refractivity contribution >= 4 is 15.9 Å². The number of rotatable bonds is 7. The Labute approximate surface area is 161 Å². The summed E-state index contributed by atoms with van der Waals surface area (Å²) in [5, 5.41) is 0. The van der Waals surface area contributed by atoms with E-state index in [2.05, 4.69) is 4.98 Å². The molecule has 0 fully saturated rings. The summed E-state index contributed by atoms with van der Waals surface area (Å²) in [7, 11) is -1.92. The third kappa shape index (κ3) is 4.36. The fourth-order valence-electron chi connectivity index (χ4n) is 2.96. The maximum absolute atomic E-state index is 13.0. The summed E-state index contributed by atoms with van der Waals surface area (Å²) in [6.07, 6.45) is 3.37. The van der Waals surface area contributed by atoms with E-state index in [9.17, 15) is 13.2 Å². The number of amides is 1. The highest BCUT2D eigenvalue weighted by Crippen LogP contribution is 2.24. The fourth-order valence-corrected chi connectivity index (χ4v) is 4.67. The van der Waals surface area contributed by atoms with Crippen LogP contribution in [0.4, 0.5) is 0 Å². The van der Waals surface area contributed by atoms with Gasteiger partial charge in [-0.15, -0.1) is 0 Å². The number of hydrogen-bond acceptors (Lipinski definition) is 4. The zero-order valence-corrected chi connectivity index (χ0v) is 17.3. The predicted octanol–water partition coefficient (Wildman–Crippen LogP) is 3.25. The van der Waals surface area contributed by atoms with Crippen LogP contribution in [0.15, 0.2) is 47.6 Å². The van der Waals surface area contributed by atoms with Gasteiger partial charge in [-0.1, -0.05) is 19.9 Å². The van der Waals surface area contributed by atoms with E-state index in [1.807, 2.05) is 19.1 Å². The molecule has 1 amide bonds. The molecule has 2 aromatic rings. The predicted molar refractivity (Wildman–Crippen MR) is 106 cm³/mol. The van der Waals surface area contributed by atoms with Gasteiger partial charge in [0.05, 0.1) is 10.9 Å². The molecule has 2 rings (SSSR count). The largest absolute Gasteiger partial charge is 0.335 e. The van der Waals surface area contributed by atoms with Crippen LogP contribution < -0.4 is 0 Å². The monoisotopic (exact) mass is 389 g/mol. The summed E-state index contributed by atoms with van der Waals surface area (Å²) in [5.74, 6) is -0.227. The summed E-state index contributed by atoms with van der Waals surface area (Å²) in [4.78, 5) is 18.7. The quantitative estimate of drug-likeness (QED) is 0.729. The molecule has 0 saturated carbocycles. The van der Waals surface area contributed by atoms with Gasteiger partial charge >= 0.3 is 0 Å². The number of pyridine rings is 1. The highest BCUT2D eigenvalue weighted by Gasteiger charge is 2.26. The number of sulfonamides is 1. The molecule has 0 aliphatic carbocycles. The molecule has 1 aromatic heterocycles. The van der Waals surface area contributed by atoms with Crippen LogP contribution in [-0.4, -0.2) is 48.7 Å². The Kier molecular flexibility index (Phi) is 6.73. The van der Waals surface area contributed by atoms with Gasteiger partial charge in [-0.3, -0.25) is 9.78 Å². The zero-order chi connectivity index (χ0) is 20.2. The molecule has 1 unspecified atom stereocenters. The Bertz CT molecular complexity index is 894. The van der Waals surface area contributed by atoms with Gasteiger partial charge in [0.25, 0.3) is 5.91 Å². The Morgan fingerprint density at radius 2 is 1.70 bits per heavy atom. The van der Waals surface area contributed by atoms with Gasteiger partial charge in [-0.2, -0.15) is 4.31 Å². The minimum atomic E-state index is -3.63. The number of carbonyl (C=O) groups is 1. The molecule has 7 heteroatoms. The third-order valence-corrected chi connectivity index (χ3v) is 7.04. The van der Waals surface area contributed by atoms with E-state index < -0.39 is 10.0 Å². The lowest BCUT2D eigenvalue weighted by atomic mass is 10.1. The van der Waals surface area contributed by atoms with E-state index >= 15 is 0 Å². The lowest BCUT2D eigenvalue weighted by Gasteiger charge is -2.26. The molecule has 0 saturated heterocycles. The van der Waals surface area contributed by atoms with Crippen LogP contribution in [0.1, 0.15) is 48.3 Å². The number of aromatic nitrogens is 1. The van der Waals surface area contributed by atoms with Crippen molar-refractivity contribution in [3.05, 3.63) is 59.4 Å². The van der Waals surface area contributed by atoms with Crippen LogP contribution in [-0.2, 0) is 10.0 Å². The molecule has 0 bridgehead atoms. The van der Waals surface area contributed by atoms with Crippen LogP contribution in [0, 0.1) is 6.92 Å². The standard InChI is InChI=1S/C20H27N3O3S/c1-6-23(7-2)27(25,26)19-14-18(9-8-15(19)3)20(24)22(5)16(4)17-10-12-21-13-11-17/h8-14,16H,6-7H2,1-5H3. The van der Waals surface area contributed by atoms with E-state index in [4.69, 9.17) is 0 Å². The summed E-state index contributed by atoms with van der Waals surface area (Å²) in [6, 6.07) is 8.41. The molecule has 0 aliphatic rings. The van der Waals surface area contributed by atoms with Crippen molar-refractivity contribution in [2.24, 2.45) is 0 Å². The summed E-state index contributed by atoms with van der Waals surface area (Å²) >= 11 is 0. The maximum atomic E-state index is 13.0. The first-order valence-electron chi connectivity index (χ1n) is 9.01. The lowest BCUT2D eigenvalue weighted by molar-refractivity contribution is 0.0742. The van der Waals surface area contributed by atoms with Crippen LogP contribution in [0.25, 0.3) is 0 Å². The molecule has 0 radical (unpaired) electrons. The SMILES string of the molecule is CCN(CC)S(=O)(=O)c1cc(C(=O)N(C)C(C)c2ccncc2)ccc1C. The second-order valence-corrected chi connectivity index (χ2v) is 8.35. The first kappa shape index (κ1) is 21.1. The molecule has 1 heterocycles. The van der Waals surface area contributed by atoms with E-state index in [1.54, 1.807) is 57.2 Å². The number of benzene rings is 1. The lowest BCUT2D eigenvalue weighted by Crippen LogP contribution is -2.32. The minimum Gasteiger partial charge on any atom is -0.335 e. The van der Waals surface area contributed by atoms with Gasteiger partial charge in [0.1, 0.15) is 0 Å². The van der Waals surface area contributed by atoms with E-state index in [0.717, 1.165) is 5.56 Å². The Balaban J connectivity index is 2.38. The fraction of sp³-hybridized carbons (Fsp3) is 0.400. The van der Waals surface area contributed by atoms with Crippen molar-refractivity contribution in [2.45, 2.75) is 38.6 Å². The van der Waals surface area contributed by atoms with Crippen LogP contribution in [0.5, 0.6) is 0 Å². The zero-order valence-electron chi connectivity index (χ0n) is 16.5. The average Bonchev–Trinajstić information content (AvgIpc) is 2.68. The van der Waals surface area contributed by atoms with Crippen molar-refractivity contribution in [3.63, 3.8) is 0 Å². The number of hydrogen-bond donors (Lipinski definition) is 0. The van der Waals surface area contributed by atoms with Crippen molar-refractivity contribution in [2.75, 3.05) is 20.1 Å². The Morgan fingerprint density at radius 3 is 2.26 bits per heavy atom.